The monoisotopic (exact) mass is 285 g/mol. The number of aromatic nitrogens is 2. The number of nitrogens with one attached hydrogen (secondary N) is 1. The normalized spacial score (nSPS) is 26.8. The van der Waals surface area contributed by atoms with Gasteiger partial charge in [0.1, 0.15) is 12.0 Å². The van der Waals surface area contributed by atoms with Crippen molar-refractivity contribution in [3.05, 3.63) is 11.8 Å². The Labute approximate surface area is 116 Å². The van der Waals surface area contributed by atoms with Crippen molar-refractivity contribution in [3.63, 3.8) is 0 Å². The predicted octanol–water partition coefficient (Wildman–Crippen LogP) is 2.30. The van der Waals surface area contributed by atoms with Crippen LogP contribution >= 0.6 is 0 Å². The van der Waals surface area contributed by atoms with Crippen LogP contribution < -0.4 is 5.32 Å². The minimum absolute atomic E-state index is 0.182. The number of carbonyl (C=O) groups is 1. The van der Waals surface area contributed by atoms with E-state index in [0.29, 0.717) is 17.9 Å². The molecule has 1 aliphatic rings. The molecule has 2 rings (SSSR count). The molecule has 1 fully saturated rings. The molecule has 112 valence electrons. The molecule has 0 aromatic carbocycles. The molecule has 6 nitrogen and oxygen atoms in total. The maximum absolute atomic E-state index is 13.4. The third kappa shape index (κ3) is 2.92. The van der Waals surface area contributed by atoms with E-state index in [1.807, 2.05) is 20.8 Å². The summed E-state index contributed by atoms with van der Waals surface area (Å²) in [5.74, 6) is 0.176. The lowest BCUT2D eigenvalue weighted by Gasteiger charge is -2.22. The van der Waals surface area contributed by atoms with Crippen LogP contribution in [0, 0.1) is 0 Å². The first-order chi connectivity index (χ1) is 9.18. The molecule has 1 aromatic rings. The highest BCUT2D eigenvalue weighted by atomic mass is 19.1. The Morgan fingerprint density at radius 3 is 2.60 bits per heavy atom. The molecule has 3 N–H and O–H groups in total. The number of nitrogens with zero attached hydrogens (tertiary/aromatic N) is 2. The molecule has 7 heteroatoms. The summed E-state index contributed by atoms with van der Waals surface area (Å²) in [5.41, 5.74) is 0.213. The Morgan fingerprint density at radius 1 is 1.50 bits per heavy atom. The van der Waals surface area contributed by atoms with E-state index in [9.17, 15) is 14.3 Å². The Bertz CT molecular complexity index is 499. The number of aliphatic hydroxyl groups excluding tert-OH is 1. The third-order valence-corrected chi connectivity index (χ3v) is 3.47. The summed E-state index contributed by atoms with van der Waals surface area (Å²) in [6.45, 7) is 5.70. The fourth-order valence-electron chi connectivity index (χ4n) is 2.51. The van der Waals surface area contributed by atoms with Gasteiger partial charge in [0.2, 0.25) is 0 Å². The summed E-state index contributed by atoms with van der Waals surface area (Å²) in [5, 5.41) is 25.1. The summed E-state index contributed by atoms with van der Waals surface area (Å²) >= 11 is 0. The average molecular weight is 285 g/mol. The van der Waals surface area contributed by atoms with Crippen LogP contribution in [0.3, 0.4) is 0 Å². The predicted molar refractivity (Wildman–Crippen MR) is 71.7 cm³/mol. The lowest BCUT2D eigenvalue weighted by Crippen LogP contribution is -2.26. The Balaban J connectivity index is 2.32. The Kier molecular flexibility index (Phi) is 3.73. The van der Waals surface area contributed by atoms with Gasteiger partial charge in [0.25, 0.3) is 0 Å². The number of halogens is 1. The Morgan fingerprint density at radius 2 is 2.15 bits per heavy atom. The van der Waals surface area contributed by atoms with Gasteiger partial charge < -0.3 is 10.2 Å². The number of carboxylic acid groups (broad SMARTS) is 1. The number of rotatable bonds is 2. The van der Waals surface area contributed by atoms with Gasteiger partial charge in [-0.05, 0) is 33.6 Å². The average Bonchev–Trinajstić information content (AvgIpc) is 2.82. The Hall–Kier alpha value is -1.63. The highest BCUT2D eigenvalue weighted by Gasteiger charge is 2.36. The molecule has 1 aromatic heterocycles. The molecular weight excluding hydrogens is 265 g/mol. The molecule has 3 atom stereocenters. The van der Waals surface area contributed by atoms with Crippen molar-refractivity contribution in [2.24, 2.45) is 0 Å². The maximum Gasteiger partial charge on any atom is 0.410 e. The van der Waals surface area contributed by atoms with Gasteiger partial charge in [-0.2, -0.15) is 5.10 Å². The smallest absolute Gasteiger partial charge is 0.410 e. The quantitative estimate of drug-likeness (QED) is 0.778. The van der Waals surface area contributed by atoms with Crippen LogP contribution in [0.25, 0.3) is 0 Å². The maximum atomic E-state index is 13.4. The molecule has 1 amide bonds. The number of hydrogen-bond acceptors (Lipinski definition) is 3. The highest BCUT2D eigenvalue weighted by molar-refractivity contribution is 5.81. The van der Waals surface area contributed by atoms with E-state index < -0.39 is 23.9 Å². The lowest BCUT2D eigenvalue weighted by molar-refractivity contribution is 0.103. The summed E-state index contributed by atoms with van der Waals surface area (Å²) in [7, 11) is 0. The molecule has 0 radical (unpaired) electrons. The summed E-state index contributed by atoms with van der Waals surface area (Å²) in [4.78, 5) is 10.8. The molecule has 0 unspecified atom stereocenters. The summed E-state index contributed by atoms with van der Waals surface area (Å²) in [6, 6.07) is 1.62. The van der Waals surface area contributed by atoms with Crippen molar-refractivity contribution in [2.75, 3.05) is 5.32 Å². The first-order valence-electron chi connectivity index (χ1n) is 6.61. The molecule has 1 aliphatic carbocycles. The minimum atomic E-state index is -1.24. The zero-order chi connectivity index (χ0) is 15.1. The molecule has 0 spiro atoms. The van der Waals surface area contributed by atoms with Crippen molar-refractivity contribution in [1.82, 2.24) is 9.78 Å². The van der Waals surface area contributed by atoms with Crippen molar-refractivity contribution >= 4 is 11.9 Å². The van der Waals surface area contributed by atoms with E-state index in [2.05, 4.69) is 10.4 Å². The van der Waals surface area contributed by atoms with Crippen LogP contribution in [0.2, 0.25) is 0 Å². The first kappa shape index (κ1) is 14.8. The lowest BCUT2D eigenvalue weighted by atomic mass is 10.0. The van der Waals surface area contributed by atoms with Crippen LogP contribution in [0.1, 0.15) is 45.2 Å². The third-order valence-electron chi connectivity index (χ3n) is 3.47. The topological polar surface area (TPSA) is 87.4 Å². The zero-order valence-corrected chi connectivity index (χ0v) is 11.8. The van der Waals surface area contributed by atoms with Gasteiger partial charge in [0.15, 0.2) is 0 Å². The van der Waals surface area contributed by atoms with Crippen LogP contribution in [-0.2, 0) is 5.54 Å². The number of amides is 1. The van der Waals surface area contributed by atoms with Crippen LogP contribution in [0.4, 0.5) is 15.0 Å². The number of aliphatic hydroxyl groups is 1. The number of alkyl halides is 1. The van der Waals surface area contributed by atoms with Gasteiger partial charge in [-0.3, -0.25) is 5.32 Å². The highest BCUT2D eigenvalue weighted by Crippen LogP contribution is 2.37. The number of anilines is 1. The van der Waals surface area contributed by atoms with E-state index >= 15 is 0 Å². The van der Waals surface area contributed by atoms with E-state index in [-0.39, 0.29) is 12.3 Å². The van der Waals surface area contributed by atoms with E-state index in [0.717, 1.165) is 0 Å². The van der Waals surface area contributed by atoms with Gasteiger partial charge in [-0.1, -0.05) is 0 Å². The van der Waals surface area contributed by atoms with E-state index in [1.54, 1.807) is 10.7 Å². The standard InChI is InChI=1S/C13H20FN3O3/c1-13(2,3)17-11(15-12(19)20)6-9(16-17)7-4-8(14)10(18)5-7/h6-8,10,15,18H,4-5H2,1-3H3,(H,19,20)/t7-,8+,10-/m1/s1. The second-order valence-corrected chi connectivity index (χ2v) is 6.22. The molecule has 0 saturated heterocycles. The second-order valence-electron chi connectivity index (χ2n) is 6.22. The molecule has 0 aliphatic heterocycles. The largest absolute Gasteiger partial charge is 0.465 e. The van der Waals surface area contributed by atoms with Gasteiger partial charge in [0.05, 0.1) is 17.3 Å². The van der Waals surface area contributed by atoms with Gasteiger partial charge in [-0.15, -0.1) is 0 Å². The van der Waals surface area contributed by atoms with Crippen LogP contribution in [-0.4, -0.2) is 38.4 Å². The van der Waals surface area contributed by atoms with Crippen molar-refractivity contribution in [2.45, 2.75) is 57.3 Å². The van der Waals surface area contributed by atoms with E-state index in [4.69, 9.17) is 5.11 Å². The van der Waals surface area contributed by atoms with Gasteiger partial charge in [-0.25, -0.2) is 13.9 Å². The fraction of sp³-hybridized carbons (Fsp3) is 0.692. The number of hydrogen-bond donors (Lipinski definition) is 3. The molecule has 1 saturated carbocycles. The van der Waals surface area contributed by atoms with E-state index in [1.165, 1.54) is 0 Å². The van der Waals surface area contributed by atoms with Gasteiger partial charge in [0, 0.05) is 12.0 Å². The van der Waals surface area contributed by atoms with Crippen molar-refractivity contribution in [1.29, 1.82) is 0 Å². The summed E-state index contributed by atoms with van der Waals surface area (Å²) < 4.78 is 15.0. The zero-order valence-electron chi connectivity index (χ0n) is 11.8. The minimum Gasteiger partial charge on any atom is -0.465 e. The van der Waals surface area contributed by atoms with Gasteiger partial charge >= 0.3 is 6.09 Å². The second kappa shape index (κ2) is 5.05. The molecule has 0 bridgehead atoms. The first-order valence-corrected chi connectivity index (χ1v) is 6.61. The molecule has 20 heavy (non-hydrogen) atoms. The summed E-state index contributed by atoms with van der Waals surface area (Å²) in [6.07, 6.45) is -2.84. The fourth-order valence-corrected chi connectivity index (χ4v) is 2.51. The molecule has 1 heterocycles. The molecular formula is C13H20FN3O3. The van der Waals surface area contributed by atoms with Crippen molar-refractivity contribution in [3.8, 4) is 0 Å². The van der Waals surface area contributed by atoms with Crippen LogP contribution in [0.5, 0.6) is 0 Å². The van der Waals surface area contributed by atoms with Crippen molar-refractivity contribution < 1.29 is 19.4 Å². The SMILES string of the molecule is CC(C)(C)n1nc([C@H]2C[C@@H](O)[C@@H](F)C2)cc1NC(=O)O. The van der Waals surface area contributed by atoms with Crippen LogP contribution in [0.15, 0.2) is 6.07 Å².